The van der Waals surface area contributed by atoms with Crippen LogP contribution in [0.2, 0.25) is 0 Å². The lowest BCUT2D eigenvalue weighted by Gasteiger charge is -2.53. The summed E-state index contributed by atoms with van der Waals surface area (Å²) in [7, 11) is 0. The van der Waals surface area contributed by atoms with Crippen LogP contribution in [0.1, 0.15) is 41.7 Å². The van der Waals surface area contributed by atoms with Gasteiger partial charge in [-0.05, 0) is 44.2 Å². The van der Waals surface area contributed by atoms with E-state index in [1.165, 1.54) is 0 Å². The van der Waals surface area contributed by atoms with E-state index in [9.17, 15) is 9.59 Å². The van der Waals surface area contributed by atoms with Crippen LogP contribution in [-0.2, 0) is 9.53 Å². The predicted octanol–water partition coefficient (Wildman–Crippen LogP) is 1.28. The molecule has 1 atom stereocenters. The van der Waals surface area contributed by atoms with Gasteiger partial charge in [-0.15, -0.1) is 0 Å². The number of aryl methyl sites for hydroxylation is 1. The van der Waals surface area contributed by atoms with E-state index in [0.29, 0.717) is 18.8 Å². The lowest BCUT2D eigenvalue weighted by molar-refractivity contribution is -0.149. The number of hydrogen-bond acceptors (Lipinski definition) is 4. The SMILES string of the molecule is Cc1ccc(C(=O)N2CCC3(CC[C@@H]3OCC(N)=O)CC2)nc1. The lowest BCUT2D eigenvalue weighted by atomic mass is 9.60. The largest absolute Gasteiger partial charge is 0.368 e. The van der Waals surface area contributed by atoms with Crippen LogP contribution in [0.15, 0.2) is 18.3 Å². The maximum Gasteiger partial charge on any atom is 0.272 e. The number of primary amides is 1. The Bertz CT molecular complexity index is 592. The summed E-state index contributed by atoms with van der Waals surface area (Å²) in [4.78, 5) is 29.5. The van der Waals surface area contributed by atoms with Crippen molar-refractivity contribution in [3.8, 4) is 0 Å². The molecule has 2 heterocycles. The van der Waals surface area contributed by atoms with E-state index in [0.717, 1.165) is 31.2 Å². The fraction of sp³-hybridized carbons (Fsp3) is 0.588. The zero-order chi connectivity index (χ0) is 16.4. The summed E-state index contributed by atoms with van der Waals surface area (Å²) in [6.45, 7) is 3.37. The maximum absolute atomic E-state index is 12.5. The Morgan fingerprint density at radius 3 is 2.61 bits per heavy atom. The van der Waals surface area contributed by atoms with Crippen LogP contribution in [0, 0.1) is 12.3 Å². The predicted molar refractivity (Wildman–Crippen MR) is 84.7 cm³/mol. The third-order valence-corrected chi connectivity index (χ3v) is 5.19. The summed E-state index contributed by atoms with van der Waals surface area (Å²) >= 11 is 0. The lowest BCUT2D eigenvalue weighted by Crippen LogP contribution is -2.54. The second-order valence-electron chi connectivity index (χ2n) is 6.68. The summed E-state index contributed by atoms with van der Waals surface area (Å²) in [5.41, 5.74) is 6.81. The molecule has 2 N–H and O–H groups in total. The van der Waals surface area contributed by atoms with Crippen LogP contribution >= 0.6 is 0 Å². The first kappa shape index (κ1) is 15.9. The second-order valence-corrected chi connectivity index (χ2v) is 6.68. The van der Waals surface area contributed by atoms with Gasteiger partial charge in [0, 0.05) is 24.7 Å². The summed E-state index contributed by atoms with van der Waals surface area (Å²) < 4.78 is 5.64. The molecule has 2 fully saturated rings. The third kappa shape index (κ3) is 3.22. The van der Waals surface area contributed by atoms with Gasteiger partial charge < -0.3 is 15.4 Å². The van der Waals surface area contributed by atoms with E-state index in [-0.39, 0.29) is 24.0 Å². The minimum Gasteiger partial charge on any atom is -0.368 e. The number of piperidine rings is 1. The van der Waals surface area contributed by atoms with Crippen LogP contribution in [-0.4, -0.2) is 47.5 Å². The Morgan fingerprint density at radius 1 is 1.35 bits per heavy atom. The Labute approximate surface area is 136 Å². The Kier molecular flexibility index (Phi) is 4.35. The molecule has 0 aromatic carbocycles. The van der Waals surface area contributed by atoms with Crippen LogP contribution in [0.5, 0.6) is 0 Å². The number of likely N-dealkylation sites (tertiary alicyclic amines) is 1. The van der Waals surface area contributed by atoms with Crippen molar-refractivity contribution < 1.29 is 14.3 Å². The first-order chi connectivity index (χ1) is 11.0. The Balaban J connectivity index is 1.57. The first-order valence-corrected chi connectivity index (χ1v) is 8.12. The molecule has 2 aliphatic rings. The van der Waals surface area contributed by atoms with Crippen molar-refractivity contribution in [1.82, 2.24) is 9.88 Å². The average molecular weight is 317 g/mol. The van der Waals surface area contributed by atoms with Crippen molar-refractivity contribution in [2.75, 3.05) is 19.7 Å². The highest BCUT2D eigenvalue weighted by Gasteiger charge is 2.49. The maximum atomic E-state index is 12.5. The number of carbonyl (C=O) groups excluding carboxylic acids is 2. The van der Waals surface area contributed by atoms with Crippen LogP contribution in [0.25, 0.3) is 0 Å². The molecular weight excluding hydrogens is 294 g/mol. The van der Waals surface area contributed by atoms with Crippen LogP contribution in [0.3, 0.4) is 0 Å². The molecule has 1 aliphatic heterocycles. The highest BCUT2D eigenvalue weighted by atomic mass is 16.5. The van der Waals surface area contributed by atoms with Crippen LogP contribution in [0.4, 0.5) is 0 Å². The van der Waals surface area contributed by atoms with E-state index in [4.69, 9.17) is 10.5 Å². The number of ether oxygens (including phenoxy) is 1. The van der Waals surface area contributed by atoms with E-state index in [1.54, 1.807) is 12.3 Å². The Hall–Kier alpha value is -1.95. The molecule has 1 saturated carbocycles. The number of nitrogens with zero attached hydrogens (tertiary/aromatic N) is 2. The number of carbonyl (C=O) groups is 2. The van der Waals surface area contributed by atoms with E-state index >= 15 is 0 Å². The van der Waals surface area contributed by atoms with Gasteiger partial charge in [0.15, 0.2) is 0 Å². The highest BCUT2D eigenvalue weighted by molar-refractivity contribution is 5.92. The minimum atomic E-state index is -0.426. The molecule has 1 aromatic heterocycles. The van der Waals surface area contributed by atoms with Gasteiger partial charge in [0.25, 0.3) is 5.91 Å². The molecule has 0 bridgehead atoms. The van der Waals surface area contributed by atoms with Gasteiger partial charge in [-0.1, -0.05) is 6.07 Å². The molecule has 1 aromatic rings. The van der Waals surface area contributed by atoms with Crippen molar-refractivity contribution in [2.24, 2.45) is 11.1 Å². The number of pyridine rings is 1. The summed E-state index contributed by atoms with van der Waals surface area (Å²) in [5.74, 6) is -0.432. The fourth-order valence-electron chi connectivity index (χ4n) is 3.60. The third-order valence-electron chi connectivity index (χ3n) is 5.19. The van der Waals surface area contributed by atoms with Crippen molar-refractivity contribution >= 4 is 11.8 Å². The minimum absolute atomic E-state index is 0.00576. The monoisotopic (exact) mass is 317 g/mol. The fourth-order valence-corrected chi connectivity index (χ4v) is 3.60. The normalized spacial score (nSPS) is 22.7. The zero-order valence-electron chi connectivity index (χ0n) is 13.5. The molecule has 23 heavy (non-hydrogen) atoms. The van der Waals surface area contributed by atoms with E-state index in [1.807, 2.05) is 17.9 Å². The van der Waals surface area contributed by atoms with Gasteiger partial charge in [-0.2, -0.15) is 0 Å². The zero-order valence-corrected chi connectivity index (χ0v) is 13.5. The van der Waals surface area contributed by atoms with Gasteiger partial charge in [-0.25, -0.2) is 0 Å². The molecule has 1 saturated heterocycles. The molecule has 0 unspecified atom stereocenters. The molecule has 6 nitrogen and oxygen atoms in total. The van der Waals surface area contributed by atoms with Gasteiger partial charge in [-0.3, -0.25) is 14.6 Å². The van der Waals surface area contributed by atoms with Crippen LogP contribution < -0.4 is 5.73 Å². The number of nitrogens with two attached hydrogens (primary N) is 1. The topological polar surface area (TPSA) is 85.5 Å². The standard InChI is InChI=1S/C17H23N3O3/c1-12-2-3-13(19-10-12)16(22)20-8-6-17(7-9-20)5-4-14(17)23-11-15(18)21/h2-3,10,14H,4-9,11H2,1H3,(H2,18,21)/t14-/m0/s1. The average Bonchev–Trinajstić information content (AvgIpc) is 2.54. The molecule has 2 amide bonds. The van der Waals surface area contributed by atoms with Crippen molar-refractivity contribution in [3.05, 3.63) is 29.6 Å². The van der Waals surface area contributed by atoms with Crippen molar-refractivity contribution in [3.63, 3.8) is 0 Å². The number of amides is 2. The first-order valence-electron chi connectivity index (χ1n) is 8.12. The number of aromatic nitrogens is 1. The molecule has 1 spiro atoms. The van der Waals surface area contributed by atoms with Crippen molar-refractivity contribution in [2.45, 2.75) is 38.7 Å². The Morgan fingerprint density at radius 2 is 2.09 bits per heavy atom. The van der Waals surface area contributed by atoms with E-state index in [2.05, 4.69) is 4.98 Å². The molecular formula is C17H23N3O3. The summed E-state index contributed by atoms with van der Waals surface area (Å²) in [5, 5.41) is 0. The number of rotatable bonds is 4. The summed E-state index contributed by atoms with van der Waals surface area (Å²) in [6.07, 6.45) is 5.72. The molecule has 3 rings (SSSR count). The summed E-state index contributed by atoms with van der Waals surface area (Å²) in [6, 6.07) is 3.69. The number of hydrogen-bond donors (Lipinski definition) is 1. The van der Waals surface area contributed by atoms with E-state index < -0.39 is 5.91 Å². The molecule has 124 valence electrons. The van der Waals surface area contributed by atoms with Gasteiger partial charge in [0.1, 0.15) is 12.3 Å². The molecule has 0 radical (unpaired) electrons. The smallest absolute Gasteiger partial charge is 0.272 e. The van der Waals surface area contributed by atoms with Gasteiger partial charge in [0.05, 0.1) is 6.10 Å². The van der Waals surface area contributed by atoms with Crippen molar-refractivity contribution in [1.29, 1.82) is 0 Å². The second kappa shape index (κ2) is 6.28. The molecule has 6 heteroatoms. The molecule has 1 aliphatic carbocycles. The quantitative estimate of drug-likeness (QED) is 0.906. The highest BCUT2D eigenvalue weighted by Crippen LogP contribution is 2.50. The van der Waals surface area contributed by atoms with Gasteiger partial charge >= 0.3 is 0 Å². The van der Waals surface area contributed by atoms with Gasteiger partial charge in [0.2, 0.25) is 5.91 Å².